The summed E-state index contributed by atoms with van der Waals surface area (Å²) in [4.78, 5) is 25.0. The van der Waals surface area contributed by atoms with E-state index in [1.807, 2.05) is 17.9 Å². The Morgan fingerprint density at radius 2 is 2.11 bits per heavy atom. The molecule has 1 amide bonds. The van der Waals surface area contributed by atoms with Crippen LogP contribution in [0, 0.1) is 12.8 Å². The molecule has 0 spiro atoms. The zero-order valence-electron chi connectivity index (χ0n) is 15.2. The molecule has 2 atom stereocenters. The molecule has 9 nitrogen and oxygen atoms in total. The zero-order chi connectivity index (χ0) is 18.8. The third-order valence-electron chi connectivity index (χ3n) is 5.01. The van der Waals surface area contributed by atoms with Crippen molar-refractivity contribution in [3.8, 4) is 0 Å². The Labute approximate surface area is 156 Å². The highest BCUT2D eigenvalue weighted by atomic mass is 16.5. The van der Waals surface area contributed by atoms with E-state index < -0.39 is 6.10 Å². The van der Waals surface area contributed by atoms with Crippen molar-refractivity contribution in [1.82, 2.24) is 20.0 Å². The number of rotatable bonds is 4. The van der Waals surface area contributed by atoms with Crippen molar-refractivity contribution in [2.45, 2.75) is 19.4 Å². The van der Waals surface area contributed by atoms with E-state index in [1.165, 1.54) is 6.20 Å². The quantitative estimate of drug-likeness (QED) is 0.815. The summed E-state index contributed by atoms with van der Waals surface area (Å²) < 4.78 is 10.6. The first-order valence-electron chi connectivity index (χ1n) is 9.14. The number of aromatic nitrogens is 3. The lowest BCUT2D eigenvalue weighted by Crippen LogP contribution is -2.41. The minimum absolute atomic E-state index is 0.0118. The number of nitrogens with zero attached hydrogens (tertiary/aromatic N) is 5. The van der Waals surface area contributed by atoms with Gasteiger partial charge in [-0.3, -0.25) is 9.78 Å². The van der Waals surface area contributed by atoms with Crippen molar-refractivity contribution in [3.05, 3.63) is 35.6 Å². The number of hydrogen-bond acceptors (Lipinski definition) is 8. The number of aliphatic hydroxyl groups excluding tert-OH is 1. The maximum absolute atomic E-state index is 12.6. The highest BCUT2D eigenvalue weighted by Crippen LogP contribution is 2.25. The van der Waals surface area contributed by atoms with Crippen molar-refractivity contribution >= 4 is 11.7 Å². The van der Waals surface area contributed by atoms with E-state index in [-0.39, 0.29) is 11.8 Å². The highest BCUT2D eigenvalue weighted by Gasteiger charge is 2.33. The van der Waals surface area contributed by atoms with E-state index in [4.69, 9.17) is 9.26 Å². The molecule has 0 radical (unpaired) electrons. The number of ether oxygens (including phenoxy) is 1. The van der Waals surface area contributed by atoms with Crippen LogP contribution in [0.5, 0.6) is 0 Å². The van der Waals surface area contributed by atoms with Gasteiger partial charge in [-0.1, -0.05) is 5.16 Å². The Bertz CT molecular complexity index is 805. The van der Waals surface area contributed by atoms with E-state index >= 15 is 0 Å². The summed E-state index contributed by atoms with van der Waals surface area (Å²) in [7, 11) is 0. The Morgan fingerprint density at radius 3 is 2.85 bits per heavy atom. The van der Waals surface area contributed by atoms with E-state index in [1.54, 1.807) is 11.1 Å². The molecular weight excluding hydrogens is 350 g/mol. The Balaban J connectivity index is 1.45. The molecule has 0 bridgehead atoms. The summed E-state index contributed by atoms with van der Waals surface area (Å²) in [5, 5.41) is 14.3. The number of β-amino-alcohol motifs (C(OH)–C–C–N with tert-alkyl or cyclic N) is 1. The van der Waals surface area contributed by atoms with Crippen LogP contribution in [0.25, 0.3) is 0 Å². The number of carbonyl (C=O) groups excluding carboxylic acids is 1. The lowest BCUT2D eigenvalue weighted by molar-refractivity contribution is 0.0299. The van der Waals surface area contributed by atoms with Crippen LogP contribution in [-0.2, 0) is 11.2 Å². The first-order chi connectivity index (χ1) is 13.1. The summed E-state index contributed by atoms with van der Waals surface area (Å²) in [5.41, 5.74) is 1.15. The summed E-state index contributed by atoms with van der Waals surface area (Å²) in [6.45, 7) is 5.14. The number of amides is 1. The minimum Gasteiger partial charge on any atom is -0.391 e. The third kappa shape index (κ3) is 3.93. The first-order valence-corrected chi connectivity index (χ1v) is 9.14. The molecule has 2 aliphatic heterocycles. The normalized spacial score (nSPS) is 23.0. The maximum Gasteiger partial charge on any atom is 0.274 e. The van der Waals surface area contributed by atoms with Crippen LogP contribution in [0.4, 0.5) is 5.82 Å². The molecule has 144 valence electrons. The number of carbonyl (C=O) groups is 1. The molecule has 27 heavy (non-hydrogen) atoms. The monoisotopic (exact) mass is 373 g/mol. The SMILES string of the molecule is Cc1cc(C[C@@H]2CN(c3cncc(C(=O)N4CCOCC4)n3)C[C@H]2O)on1. The number of aliphatic hydroxyl groups is 1. The van der Waals surface area contributed by atoms with Gasteiger partial charge in [-0.25, -0.2) is 4.98 Å². The average molecular weight is 373 g/mol. The van der Waals surface area contributed by atoms with Crippen LogP contribution >= 0.6 is 0 Å². The molecule has 9 heteroatoms. The van der Waals surface area contributed by atoms with Crippen LogP contribution in [0.15, 0.2) is 23.0 Å². The Morgan fingerprint density at radius 1 is 1.30 bits per heavy atom. The molecule has 0 unspecified atom stereocenters. The molecule has 0 aromatic carbocycles. The van der Waals surface area contributed by atoms with Gasteiger partial charge in [0.05, 0.1) is 37.4 Å². The van der Waals surface area contributed by atoms with Gasteiger partial charge in [-0.2, -0.15) is 0 Å². The van der Waals surface area contributed by atoms with Gasteiger partial charge in [0.1, 0.15) is 17.3 Å². The second-order valence-electron chi connectivity index (χ2n) is 7.04. The molecule has 2 aromatic rings. The molecule has 2 fully saturated rings. The van der Waals surface area contributed by atoms with E-state index in [0.29, 0.717) is 57.3 Å². The van der Waals surface area contributed by atoms with Gasteiger partial charge in [0.2, 0.25) is 0 Å². The second-order valence-corrected chi connectivity index (χ2v) is 7.04. The van der Waals surface area contributed by atoms with Gasteiger partial charge in [0.25, 0.3) is 5.91 Å². The predicted molar refractivity (Wildman–Crippen MR) is 95.4 cm³/mol. The number of anilines is 1. The average Bonchev–Trinajstić information content (AvgIpc) is 3.28. The number of morpholine rings is 1. The van der Waals surface area contributed by atoms with Crippen LogP contribution < -0.4 is 4.90 Å². The smallest absolute Gasteiger partial charge is 0.274 e. The molecular formula is C18H23N5O4. The fourth-order valence-electron chi connectivity index (χ4n) is 3.55. The zero-order valence-corrected chi connectivity index (χ0v) is 15.2. The second kappa shape index (κ2) is 7.61. The molecule has 1 N–H and O–H groups in total. The highest BCUT2D eigenvalue weighted by molar-refractivity contribution is 5.92. The van der Waals surface area contributed by atoms with Crippen molar-refractivity contribution < 1.29 is 19.2 Å². The van der Waals surface area contributed by atoms with Gasteiger partial charge in [0.15, 0.2) is 0 Å². The van der Waals surface area contributed by atoms with Crippen molar-refractivity contribution in [1.29, 1.82) is 0 Å². The minimum atomic E-state index is -0.504. The van der Waals surface area contributed by atoms with Gasteiger partial charge in [-0.15, -0.1) is 0 Å². The fraction of sp³-hybridized carbons (Fsp3) is 0.556. The van der Waals surface area contributed by atoms with Gasteiger partial charge in [-0.05, 0) is 6.92 Å². The first kappa shape index (κ1) is 17.9. The van der Waals surface area contributed by atoms with Crippen molar-refractivity contribution in [2.24, 2.45) is 5.92 Å². The number of hydrogen-bond donors (Lipinski definition) is 1. The van der Waals surface area contributed by atoms with Gasteiger partial charge >= 0.3 is 0 Å². The standard InChI is InChI=1S/C18H23N5O4/c1-12-6-14(27-21-12)7-13-10-23(11-16(13)24)17-9-19-8-15(20-17)18(25)22-2-4-26-5-3-22/h6,8-9,13,16,24H,2-5,7,10-11H2,1H3/t13-,16-/m1/s1. The lowest BCUT2D eigenvalue weighted by Gasteiger charge is -2.26. The van der Waals surface area contributed by atoms with Crippen LogP contribution in [0.2, 0.25) is 0 Å². The molecule has 2 aliphatic rings. The van der Waals surface area contributed by atoms with Crippen LogP contribution in [0.3, 0.4) is 0 Å². The molecule has 4 rings (SSSR count). The molecule has 2 saturated heterocycles. The van der Waals surface area contributed by atoms with Gasteiger partial charge < -0.3 is 24.2 Å². The lowest BCUT2D eigenvalue weighted by atomic mass is 10.0. The molecule has 4 heterocycles. The summed E-state index contributed by atoms with van der Waals surface area (Å²) in [6, 6.07) is 1.89. The molecule has 2 aromatic heterocycles. The van der Waals surface area contributed by atoms with Crippen LogP contribution in [-0.4, -0.2) is 76.5 Å². The topological polar surface area (TPSA) is 105 Å². The number of aryl methyl sites for hydroxylation is 1. The van der Waals surface area contributed by atoms with E-state index in [0.717, 1.165) is 11.5 Å². The predicted octanol–water partition coefficient (Wildman–Crippen LogP) is 0.285. The Hall–Kier alpha value is -2.52. The largest absolute Gasteiger partial charge is 0.391 e. The maximum atomic E-state index is 12.6. The molecule has 0 aliphatic carbocycles. The summed E-state index contributed by atoms with van der Waals surface area (Å²) >= 11 is 0. The summed E-state index contributed by atoms with van der Waals surface area (Å²) in [6.07, 6.45) is 3.22. The van der Waals surface area contributed by atoms with Crippen molar-refractivity contribution in [2.75, 3.05) is 44.3 Å². The Kier molecular flexibility index (Phi) is 5.04. The van der Waals surface area contributed by atoms with Crippen LogP contribution in [0.1, 0.15) is 21.9 Å². The molecule has 0 saturated carbocycles. The van der Waals surface area contributed by atoms with E-state index in [9.17, 15) is 9.90 Å². The van der Waals surface area contributed by atoms with E-state index in [2.05, 4.69) is 15.1 Å². The third-order valence-corrected chi connectivity index (χ3v) is 5.01. The van der Waals surface area contributed by atoms with Gasteiger partial charge in [0, 0.05) is 44.6 Å². The fourth-order valence-corrected chi connectivity index (χ4v) is 3.55. The van der Waals surface area contributed by atoms with Crippen molar-refractivity contribution in [3.63, 3.8) is 0 Å². The summed E-state index contributed by atoms with van der Waals surface area (Å²) in [5.74, 6) is 1.24.